The molecule has 4 N–H and O–H groups in total. The smallest absolute Gasteiger partial charge is 0.408 e. The molecule has 3 aromatic rings. The number of hydrogen-bond donors (Lipinski definition) is 4. The molecule has 4 rings (SSSR count). The molecule has 1 aliphatic rings. The van der Waals surface area contributed by atoms with Crippen molar-refractivity contribution in [2.45, 2.75) is 31.1 Å². The Morgan fingerprint density at radius 2 is 1.89 bits per heavy atom. The van der Waals surface area contributed by atoms with Crippen LogP contribution in [0.5, 0.6) is 5.75 Å². The highest BCUT2D eigenvalue weighted by molar-refractivity contribution is 5.93. The highest BCUT2D eigenvalue weighted by Crippen LogP contribution is 2.37. The summed E-state index contributed by atoms with van der Waals surface area (Å²) in [6.07, 6.45) is -2.19. The summed E-state index contributed by atoms with van der Waals surface area (Å²) in [7, 11) is 1.63. The minimum atomic E-state index is -4.74. The van der Waals surface area contributed by atoms with E-state index in [1.165, 1.54) is 30.6 Å². The summed E-state index contributed by atoms with van der Waals surface area (Å²) < 4.78 is 58.0. The minimum Gasteiger partial charge on any atom is -0.408 e. The number of aromatic nitrogens is 3. The third kappa shape index (κ3) is 6.39. The number of carbonyl (C=O) groups excluding carboxylic acids is 2. The minimum absolute atomic E-state index is 0.0156. The molecule has 1 aromatic carbocycles. The van der Waals surface area contributed by atoms with Gasteiger partial charge in [-0.2, -0.15) is 18.3 Å². The van der Waals surface area contributed by atoms with Crippen LogP contribution in [-0.2, 0) is 17.5 Å². The predicted octanol–water partition coefficient (Wildman–Crippen LogP) is 3.75. The number of nitrogens with one attached hydrogen (secondary N) is 4. The molecule has 0 radical (unpaired) electrons. The van der Waals surface area contributed by atoms with Crippen LogP contribution in [0.4, 0.5) is 39.5 Å². The molecule has 0 unspecified atom stereocenters. The van der Waals surface area contributed by atoms with Crippen molar-refractivity contribution in [3.8, 4) is 5.75 Å². The molecular formula is C23H21F4N7O3. The first kappa shape index (κ1) is 25.6. The topological polar surface area (TPSA) is 130 Å². The molecule has 2 aromatic heterocycles. The molecule has 0 atom stereocenters. The Morgan fingerprint density at radius 1 is 1.11 bits per heavy atom. The zero-order valence-corrected chi connectivity index (χ0v) is 19.3. The van der Waals surface area contributed by atoms with E-state index in [0.717, 1.165) is 12.1 Å². The molecule has 0 aliphatic heterocycles. The Labute approximate surface area is 207 Å². The normalized spacial score (nSPS) is 13.9. The first-order chi connectivity index (χ1) is 17.6. The van der Waals surface area contributed by atoms with Gasteiger partial charge in [0.05, 0.1) is 41.6 Å². The molecule has 0 spiro atoms. The zero-order chi connectivity index (χ0) is 26.6. The van der Waals surface area contributed by atoms with E-state index in [1.807, 2.05) is 0 Å². The van der Waals surface area contributed by atoms with Crippen molar-refractivity contribution in [1.82, 2.24) is 25.8 Å². The van der Waals surface area contributed by atoms with Gasteiger partial charge in [-0.25, -0.2) is 9.18 Å². The second-order valence-corrected chi connectivity index (χ2v) is 8.16. The van der Waals surface area contributed by atoms with Gasteiger partial charge in [0.15, 0.2) is 11.6 Å². The van der Waals surface area contributed by atoms with Crippen molar-refractivity contribution < 1.29 is 31.9 Å². The fourth-order valence-corrected chi connectivity index (χ4v) is 3.35. The summed E-state index contributed by atoms with van der Waals surface area (Å²) in [6, 6.07) is 6.77. The van der Waals surface area contributed by atoms with E-state index in [1.54, 1.807) is 7.05 Å². The Morgan fingerprint density at radius 3 is 2.54 bits per heavy atom. The number of hydrogen-bond acceptors (Lipinski definition) is 8. The average Bonchev–Trinajstić information content (AvgIpc) is 3.64. The highest BCUT2D eigenvalue weighted by Gasteiger charge is 2.51. The molecule has 37 heavy (non-hydrogen) atoms. The van der Waals surface area contributed by atoms with E-state index >= 15 is 0 Å². The molecule has 0 saturated heterocycles. The SMILES string of the molecule is CNc1cc(OC(=O)NC2(C(=O)NCc3ccc(Nc4ccc(F)cc4C(F)(F)F)cn3)CC2)cnn1. The van der Waals surface area contributed by atoms with Crippen LogP contribution >= 0.6 is 0 Å². The highest BCUT2D eigenvalue weighted by atomic mass is 19.4. The number of ether oxygens (including phenoxy) is 1. The second-order valence-electron chi connectivity index (χ2n) is 8.16. The number of rotatable bonds is 8. The van der Waals surface area contributed by atoms with Crippen LogP contribution in [-0.4, -0.2) is 39.8 Å². The Bertz CT molecular complexity index is 1300. The summed E-state index contributed by atoms with van der Waals surface area (Å²) in [5.41, 5.74) is -1.92. The van der Waals surface area contributed by atoms with Crippen LogP contribution in [0, 0.1) is 5.82 Å². The number of benzene rings is 1. The van der Waals surface area contributed by atoms with Gasteiger partial charge in [-0.1, -0.05) is 0 Å². The summed E-state index contributed by atoms with van der Waals surface area (Å²) >= 11 is 0. The van der Waals surface area contributed by atoms with Gasteiger partial charge in [0.25, 0.3) is 0 Å². The monoisotopic (exact) mass is 519 g/mol. The van der Waals surface area contributed by atoms with E-state index in [9.17, 15) is 27.2 Å². The molecule has 0 bridgehead atoms. The molecule has 14 heteroatoms. The number of amides is 2. The molecule has 1 fully saturated rings. The van der Waals surface area contributed by atoms with Crippen molar-refractivity contribution in [3.05, 3.63) is 65.9 Å². The van der Waals surface area contributed by atoms with Gasteiger partial charge in [0.1, 0.15) is 11.4 Å². The third-order valence-electron chi connectivity index (χ3n) is 5.44. The molecule has 194 valence electrons. The van der Waals surface area contributed by atoms with Crippen LogP contribution < -0.4 is 26.0 Å². The lowest BCUT2D eigenvalue weighted by molar-refractivity contribution is -0.137. The van der Waals surface area contributed by atoms with Gasteiger partial charge in [-0.15, -0.1) is 5.10 Å². The van der Waals surface area contributed by atoms with E-state index in [-0.39, 0.29) is 23.7 Å². The van der Waals surface area contributed by atoms with Crippen LogP contribution in [0.15, 0.2) is 48.8 Å². The Hall–Kier alpha value is -4.49. The lowest BCUT2D eigenvalue weighted by Gasteiger charge is -2.17. The number of pyridine rings is 1. The van der Waals surface area contributed by atoms with Gasteiger partial charge in [0, 0.05) is 13.1 Å². The molecule has 1 saturated carbocycles. The number of halogens is 4. The summed E-state index contributed by atoms with van der Waals surface area (Å²) in [5, 5.41) is 18.0. The largest absolute Gasteiger partial charge is 0.418 e. The van der Waals surface area contributed by atoms with E-state index in [4.69, 9.17) is 4.74 Å². The maximum Gasteiger partial charge on any atom is 0.418 e. The van der Waals surface area contributed by atoms with Gasteiger partial charge in [-0.3, -0.25) is 9.78 Å². The fraction of sp³-hybridized carbons (Fsp3) is 0.261. The van der Waals surface area contributed by atoms with E-state index < -0.39 is 35.1 Å². The van der Waals surface area contributed by atoms with Crippen molar-refractivity contribution in [2.75, 3.05) is 17.7 Å². The third-order valence-corrected chi connectivity index (χ3v) is 5.44. The number of alkyl halides is 3. The number of nitrogens with zero attached hydrogens (tertiary/aromatic N) is 3. The Kier molecular flexibility index (Phi) is 7.09. The van der Waals surface area contributed by atoms with Gasteiger partial charge in [0.2, 0.25) is 5.91 Å². The van der Waals surface area contributed by atoms with Crippen molar-refractivity contribution in [1.29, 1.82) is 0 Å². The van der Waals surface area contributed by atoms with Crippen molar-refractivity contribution in [2.24, 2.45) is 0 Å². The first-order valence-electron chi connectivity index (χ1n) is 11.0. The van der Waals surface area contributed by atoms with Gasteiger partial charge >= 0.3 is 12.3 Å². The van der Waals surface area contributed by atoms with Crippen LogP contribution in [0.3, 0.4) is 0 Å². The van der Waals surface area contributed by atoms with Crippen LogP contribution in [0.2, 0.25) is 0 Å². The van der Waals surface area contributed by atoms with Gasteiger partial charge < -0.3 is 26.0 Å². The summed E-state index contributed by atoms with van der Waals surface area (Å²) in [5.74, 6) is -0.890. The van der Waals surface area contributed by atoms with E-state index in [0.29, 0.717) is 30.4 Å². The molecular weight excluding hydrogens is 498 g/mol. The van der Waals surface area contributed by atoms with E-state index in [2.05, 4.69) is 36.4 Å². The fourth-order valence-electron chi connectivity index (χ4n) is 3.35. The quantitative estimate of drug-likeness (QED) is 0.331. The number of anilines is 3. The predicted molar refractivity (Wildman–Crippen MR) is 123 cm³/mol. The second kappa shape index (κ2) is 10.2. The maximum atomic E-state index is 13.3. The van der Waals surface area contributed by atoms with Crippen LogP contribution in [0.1, 0.15) is 24.1 Å². The first-order valence-corrected chi connectivity index (χ1v) is 11.0. The van der Waals surface area contributed by atoms with Crippen molar-refractivity contribution >= 4 is 29.2 Å². The summed E-state index contributed by atoms with van der Waals surface area (Å²) in [4.78, 5) is 29.0. The van der Waals surface area contributed by atoms with Crippen molar-refractivity contribution in [3.63, 3.8) is 0 Å². The standard InChI is InChI=1S/C23H21F4N7O3/c1-28-19-9-16(12-31-34-19)37-21(36)33-22(6-7-22)20(35)30-10-14-3-4-15(11-29-14)32-18-5-2-13(24)8-17(18)23(25,26)27/h2-5,8-9,11-12,32H,6-7,10H2,1H3,(H,28,34)(H,30,35)(H,33,36). The molecule has 2 amide bonds. The zero-order valence-electron chi connectivity index (χ0n) is 19.3. The van der Waals surface area contributed by atoms with Crippen LogP contribution in [0.25, 0.3) is 0 Å². The maximum absolute atomic E-state index is 13.3. The molecule has 10 nitrogen and oxygen atoms in total. The molecule has 1 aliphatic carbocycles. The Balaban J connectivity index is 1.31. The molecule has 2 heterocycles. The lowest BCUT2D eigenvalue weighted by Crippen LogP contribution is -2.49. The lowest BCUT2D eigenvalue weighted by atomic mass is 10.1. The summed E-state index contributed by atoms with van der Waals surface area (Å²) in [6.45, 7) is 0.0156. The van der Waals surface area contributed by atoms with Gasteiger partial charge in [-0.05, 0) is 43.2 Å². The number of carbonyl (C=O) groups is 2. The average molecular weight is 519 g/mol.